The van der Waals surface area contributed by atoms with Gasteiger partial charge in [0.15, 0.2) is 11.5 Å². The quantitative estimate of drug-likeness (QED) is 0.836. The molecular formula is C16H25ClN2O3. The third kappa shape index (κ3) is 5.39. The lowest BCUT2D eigenvalue weighted by molar-refractivity contribution is -0.122. The molecule has 0 saturated carbocycles. The molecule has 0 bridgehead atoms. The first-order valence-electron chi connectivity index (χ1n) is 7.48. The molecule has 1 amide bonds. The Kier molecular flexibility index (Phi) is 7.48. The number of halogens is 1. The lowest BCUT2D eigenvalue weighted by Crippen LogP contribution is -2.42. The highest BCUT2D eigenvalue weighted by Gasteiger charge is 2.15. The first kappa shape index (κ1) is 18.6. The fraction of sp³-hybridized carbons (Fsp3) is 0.562. The van der Waals surface area contributed by atoms with Gasteiger partial charge in [0.05, 0.1) is 6.04 Å². The van der Waals surface area contributed by atoms with Crippen molar-refractivity contribution in [2.45, 2.75) is 32.7 Å². The van der Waals surface area contributed by atoms with Gasteiger partial charge in [-0.15, -0.1) is 12.4 Å². The molecule has 1 atom stereocenters. The second kappa shape index (κ2) is 8.86. The summed E-state index contributed by atoms with van der Waals surface area (Å²) in [5.41, 5.74) is 6.95. The van der Waals surface area contributed by atoms with Crippen LogP contribution in [-0.2, 0) is 11.2 Å². The molecule has 22 heavy (non-hydrogen) atoms. The molecule has 1 aromatic rings. The zero-order valence-electron chi connectivity index (χ0n) is 13.1. The number of ether oxygens (including phenoxy) is 2. The second-order valence-corrected chi connectivity index (χ2v) is 5.76. The maximum absolute atomic E-state index is 11.8. The van der Waals surface area contributed by atoms with Gasteiger partial charge in [0.25, 0.3) is 0 Å². The average molecular weight is 329 g/mol. The molecule has 0 aromatic heterocycles. The summed E-state index contributed by atoms with van der Waals surface area (Å²) < 4.78 is 11.0. The van der Waals surface area contributed by atoms with E-state index in [9.17, 15) is 4.79 Å². The van der Waals surface area contributed by atoms with E-state index in [-0.39, 0.29) is 18.3 Å². The highest BCUT2D eigenvalue weighted by molar-refractivity contribution is 5.85. The van der Waals surface area contributed by atoms with Gasteiger partial charge in [-0.25, -0.2) is 0 Å². The number of nitrogens with two attached hydrogens (primary N) is 1. The van der Waals surface area contributed by atoms with Crippen molar-refractivity contribution >= 4 is 18.3 Å². The van der Waals surface area contributed by atoms with Crippen LogP contribution >= 0.6 is 12.4 Å². The summed E-state index contributed by atoms with van der Waals surface area (Å²) in [4.78, 5) is 11.8. The average Bonchev–Trinajstić information content (AvgIpc) is 2.46. The number of hydrogen-bond donors (Lipinski definition) is 2. The minimum absolute atomic E-state index is 0. The van der Waals surface area contributed by atoms with Crippen LogP contribution in [-0.4, -0.2) is 31.7 Å². The van der Waals surface area contributed by atoms with Crippen molar-refractivity contribution in [2.24, 2.45) is 11.7 Å². The van der Waals surface area contributed by atoms with Crippen LogP contribution in [0.15, 0.2) is 18.2 Å². The maximum Gasteiger partial charge on any atom is 0.236 e. The number of fused-ring (bicyclic) bond motifs is 1. The monoisotopic (exact) mass is 328 g/mol. The normalized spacial score (nSPS) is 14.2. The molecule has 0 spiro atoms. The molecule has 124 valence electrons. The summed E-state index contributed by atoms with van der Waals surface area (Å²) in [6.45, 7) is 5.86. The van der Waals surface area contributed by atoms with Crippen molar-refractivity contribution in [1.29, 1.82) is 0 Å². The molecule has 0 saturated heterocycles. The Labute approximate surface area is 138 Å². The van der Waals surface area contributed by atoms with E-state index in [1.807, 2.05) is 18.2 Å². The highest BCUT2D eigenvalue weighted by atomic mass is 35.5. The molecule has 1 aromatic carbocycles. The van der Waals surface area contributed by atoms with Crippen molar-refractivity contribution in [3.05, 3.63) is 23.8 Å². The van der Waals surface area contributed by atoms with Crippen LogP contribution in [0.4, 0.5) is 0 Å². The zero-order chi connectivity index (χ0) is 15.2. The zero-order valence-corrected chi connectivity index (χ0v) is 13.9. The Bertz CT molecular complexity index is 494. The highest BCUT2D eigenvalue weighted by Crippen LogP contribution is 2.30. The third-order valence-corrected chi connectivity index (χ3v) is 3.38. The summed E-state index contributed by atoms with van der Waals surface area (Å²) in [7, 11) is 0. The van der Waals surface area contributed by atoms with E-state index in [4.69, 9.17) is 15.2 Å². The van der Waals surface area contributed by atoms with E-state index in [2.05, 4.69) is 19.2 Å². The third-order valence-electron chi connectivity index (χ3n) is 3.38. The van der Waals surface area contributed by atoms with Crippen molar-refractivity contribution < 1.29 is 14.3 Å². The van der Waals surface area contributed by atoms with Crippen LogP contribution in [0.3, 0.4) is 0 Å². The molecule has 1 heterocycles. The first-order valence-corrected chi connectivity index (χ1v) is 7.48. The predicted octanol–water partition coefficient (Wildman–Crippen LogP) is 1.91. The SMILES string of the molecule is CC(C)C[C@H](N)C(=O)NCCc1ccc2c(c1)OCCO2.Cl. The first-order chi connectivity index (χ1) is 10.1. The Morgan fingerprint density at radius 3 is 2.64 bits per heavy atom. The maximum atomic E-state index is 11.8. The number of nitrogens with one attached hydrogen (secondary N) is 1. The topological polar surface area (TPSA) is 73.6 Å². The molecule has 0 unspecified atom stereocenters. The second-order valence-electron chi connectivity index (χ2n) is 5.76. The van der Waals surface area contributed by atoms with Gasteiger partial charge in [-0.2, -0.15) is 0 Å². The fourth-order valence-electron chi connectivity index (χ4n) is 2.32. The van der Waals surface area contributed by atoms with Gasteiger partial charge in [0.1, 0.15) is 13.2 Å². The van der Waals surface area contributed by atoms with Crippen molar-refractivity contribution in [3.8, 4) is 11.5 Å². The molecule has 2 rings (SSSR count). The number of amides is 1. The van der Waals surface area contributed by atoms with Crippen LogP contribution < -0.4 is 20.5 Å². The molecule has 6 heteroatoms. The number of rotatable bonds is 6. The smallest absolute Gasteiger partial charge is 0.236 e. The summed E-state index contributed by atoms with van der Waals surface area (Å²) >= 11 is 0. The predicted molar refractivity (Wildman–Crippen MR) is 88.8 cm³/mol. The molecular weight excluding hydrogens is 304 g/mol. The lowest BCUT2D eigenvalue weighted by Gasteiger charge is -2.19. The van der Waals surface area contributed by atoms with Crippen LogP contribution in [0.25, 0.3) is 0 Å². The molecule has 1 aliphatic heterocycles. The molecule has 3 N–H and O–H groups in total. The van der Waals surface area contributed by atoms with Gasteiger partial charge in [0, 0.05) is 6.54 Å². The standard InChI is InChI=1S/C16H24N2O3.ClH/c1-11(2)9-13(17)16(19)18-6-5-12-3-4-14-15(10-12)21-8-7-20-14;/h3-4,10-11,13H,5-9,17H2,1-2H3,(H,18,19);1H/t13-;/m0./s1. The van der Waals surface area contributed by atoms with Crippen molar-refractivity contribution in [3.63, 3.8) is 0 Å². The van der Waals surface area contributed by atoms with E-state index in [0.717, 1.165) is 23.5 Å². The Morgan fingerprint density at radius 2 is 1.95 bits per heavy atom. The number of carbonyl (C=O) groups excluding carboxylic acids is 1. The summed E-state index contributed by atoms with van der Waals surface area (Å²) in [5.74, 6) is 1.90. The van der Waals surface area contributed by atoms with Crippen LogP contribution in [0.5, 0.6) is 11.5 Å². The van der Waals surface area contributed by atoms with Gasteiger partial charge >= 0.3 is 0 Å². The Hall–Kier alpha value is -1.46. The molecule has 1 aliphatic rings. The van der Waals surface area contributed by atoms with E-state index in [1.54, 1.807) is 0 Å². The summed E-state index contributed by atoms with van der Waals surface area (Å²) in [6.07, 6.45) is 1.45. The van der Waals surface area contributed by atoms with Crippen LogP contribution in [0, 0.1) is 5.92 Å². The van der Waals surface area contributed by atoms with E-state index < -0.39 is 6.04 Å². The summed E-state index contributed by atoms with van der Waals surface area (Å²) in [5, 5.41) is 2.88. The molecule has 0 radical (unpaired) electrons. The number of hydrogen-bond acceptors (Lipinski definition) is 4. The summed E-state index contributed by atoms with van der Waals surface area (Å²) in [6, 6.07) is 5.45. The molecule has 0 fully saturated rings. The molecule has 5 nitrogen and oxygen atoms in total. The van der Waals surface area contributed by atoms with Gasteiger partial charge in [0.2, 0.25) is 5.91 Å². The van der Waals surface area contributed by atoms with Crippen molar-refractivity contribution in [1.82, 2.24) is 5.32 Å². The largest absolute Gasteiger partial charge is 0.486 e. The lowest BCUT2D eigenvalue weighted by atomic mass is 10.0. The number of benzene rings is 1. The van der Waals surface area contributed by atoms with Crippen LogP contribution in [0.2, 0.25) is 0 Å². The van der Waals surface area contributed by atoms with E-state index >= 15 is 0 Å². The van der Waals surface area contributed by atoms with Crippen molar-refractivity contribution in [2.75, 3.05) is 19.8 Å². The Morgan fingerprint density at radius 1 is 1.27 bits per heavy atom. The van der Waals surface area contributed by atoms with Gasteiger partial charge in [-0.3, -0.25) is 4.79 Å². The van der Waals surface area contributed by atoms with Gasteiger partial charge < -0.3 is 20.5 Å². The van der Waals surface area contributed by atoms with E-state index in [1.165, 1.54) is 0 Å². The Balaban J connectivity index is 0.00000242. The molecule has 0 aliphatic carbocycles. The minimum Gasteiger partial charge on any atom is -0.486 e. The van der Waals surface area contributed by atoms with Crippen LogP contribution in [0.1, 0.15) is 25.8 Å². The van der Waals surface area contributed by atoms with Gasteiger partial charge in [-0.05, 0) is 36.5 Å². The minimum atomic E-state index is -0.426. The van der Waals surface area contributed by atoms with E-state index in [0.29, 0.717) is 32.1 Å². The van der Waals surface area contributed by atoms with Gasteiger partial charge in [-0.1, -0.05) is 19.9 Å². The number of carbonyl (C=O) groups is 1. The fourth-order valence-corrected chi connectivity index (χ4v) is 2.32.